The minimum absolute atomic E-state index is 0.0735. The molecule has 0 aliphatic rings. The number of ether oxygens (including phenoxy) is 1. The van der Waals surface area contributed by atoms with Crippen molar-refractivity contribution in [2.24, 2.45) is 11.8 Å². The Labute approximate surface area is 123 Å². The van der Waals surface area contributed by atoms with E-state index in [2.05, 4.69) is 13.8 Å². The first-order valence-electron chi connectivity index (χ1n) is 7.90. The van der Waals surface area contributed by atoms with E-state index in [0.29, 0.717) is 19.1 Å². The van der Waals surface area contributed by atoms with E-state index in [0.717, 1.165) is 25.8 Å². The van der Waals surface area contributed by atoms with Crippen molar-refractivity contribution in [1.82, 2.24) is 4.90 Å². The van der Waals surface area contributed by atoms with Crippen LogP contribution >= 0.6 is 0 Å². The summed E-state index contributed by atoms with van der Waals surface area (Å²) in [7, 11) is 0. The highest BCUT2D eigenvalue weighted by atomic mass is 16.5. The molecular formula is C16H31NO3. The molecule has 0 radical (unpaired) electrons. The van der Waals surface area contributed by atoms with E-state index in [-0.39, 0.29) is 24.2 Å². The molecule has 0 spiro atoms. The average molecular weight is 285 g/mol. The summed E-state index contributed by atoms with van der Waals surface area (Å²) in [6.45, 7) is 11.8. The van der Waals surface area contributed by atoms with Gasteiger partial charge in [-0.15, -0.1) is 0 Å². The lowest BCUT2D eigenvalue weighted by atomic mass is 10.0. The van der Waals surface area contributed by atoms with Crippen LogP contribution in [-0.4, -0.2) is 36.5 Å². The molecule has 1 amide bonds. The van der Waals surface area contributed by atoms with Gasteiger partial charge in [-0.3, -0.25) is 9.59 Å². The molecular weight excluding hydrogens is 254 g/mol. The van der Waals surface area contributed by atoms with Crippen molar-refractivity contribution >= 4 is 11.9 Å². The molecule has 0 aromatic rings. The maximum atomic E-state index is 12.5. The molecule has 0 saturated heterocycles. The van der Waals surface area contributed by atoms with Crippen molar-refractivity contribution < 1.29 is 14.3 Å². The second-order valence-electron chi connectivity index (χ2n) is 5.58. The fourth-order valence-electron chi connectivity index (χ4n) is 2.10. The van der Waals surface area contributed by atoms with Gasteiger partial charge >= 0.3 is 5.97 Å². The number of amides is 1. The van der Waals surface area contributed by atoms with Crippen LogP contribution in [0.15, 0.2) is 0 Å². The Kier molecular flexibility index (Phi) is 10.1. The zero-order valence-corrected chi connectivity index (χ0v) is 13.8. The van der Waals surface area contributed by atoms with E-state index in [1.165, 1.54) is 0 Å². The van der Waals surface area contributed by atoms with Gasteiger partial charge in [0.2, 0.25) is 5.91 Å². The van der Waals surface area contributed by atoms with Gasteiger partial charge in [0, 0.05) is 19.0 Å². The van der Waals surface area contributed by atoms with E-state index in [1.54, 1.807) is 6.92 Å². The van der Waals surface area contributed by atoms with Crippen molar-refractivity contribution in [2.45, 2.75) is 60.3 Å². The Bertz CT molecular complexity index is 285. The van der Waals surface area contributed by atoms with Gasteiger partial charge in [0.25, 0.3) is 0 Å². The van der Waals surface area contributed by atoms with Crippen molar-refractivity contribution in [3.63, 3.8) is 0 Å². The van der Waals surface area contributed by atoms with Crippen LogP contribution < -0.4 is 0 Å². The molecule has 118 valence electrons. The van der Waals surface area contributed by atoms with Gasteiger partial charge in [-0.2, -0.15) is 0 Å². The molecule has 0 aliphatic carbocycles. The van der Waals surface area contributed by atoms with Gasteiger partial charge in [-0.05, 0) is 32.1 Å². The molecule has 0 unspecified atom stereocenters. The van der Waals surface area contributed by atoms with E-state index in [4.69, 9.17) is 4.74 Å². The first-order valence-corrected chi connectivity index (χ1v) is 7.90. The van der Waals surface area contributed by atoms with Crippen LogP contribution in [-0.2, 0) is 14.3 Å². The lowest BCUT2D eigenvalue weighted by molar-refractivity contribution is -0.144. The molecule has 0 aromatic heterocycles. The molecule has 0 aliphatic heterocycles. The molecule has 0 atom stereocenters. The first-order chi connectivity index (χ1) is 9.46. The number of esters is 1. The summed E-state index contributed by atoms with van der Waals surface area (Å²) in [6.07, 6.45) is 2.96. The van der Waals surface area contributed by atoms with Crippen molar-refractivity contribution in [1.29, 1.82) is 0 Å². The zero-order chi connectivity index (χ0) is 15.5. The molecule has 0 rings (SSSR count). The Morgan fingerprint density at radius 3 is 2.10 bits per heavy atom. The van der Waals surface area contributed by atoms with Crippen LogP contribution in [0.5, 0.6) is 0 Å². The van der Waals surface area contributed by atoms with Crippen LogP contribution in [0, 0.1) is 11.8 Å². The topological polar surface area (TPSA) is 46.6 Å². The van der Waals surface area contributed by atoms with E-state index < -0.39 is 0 Å². The summed E-state index contributed by atoms with van der Waals surface area (Å²) in [6, 6.07) is 0. The molecule has 0 fully saturated rings. The number of carbonyl (C=O) groups excluding carboxylic acids is 2. The maximum Gasteiger partial charge on any atom is 0.307 e. The third-order valence-corrected chi connectivity index (χ3v) is 3.51. The van der Waals surface area contributed by atoms with Crippen LogP contribution in [0.3, 0.4) is 0 Å². The fraction of sp³-hybridized carbons (Fsp3) is 0.875. The highest BCUT2D eigenvalue weighted by Gasteiger charge is 2.22. The standard InChI is InChI=1S/C16H31NO3/c1-6-14(7-2)16(19)17(11-9-13(4)5)12-10-15(18)20-8-3/h13-14H,6-12H2,1-5H3. The van der Waals surface area contributed by atoms with E-state index in [9.17, 15) is 9.59 Å². The summed E-state index contributed by atoms with van der Waals surface area (Å²) < 4.78 is 4.93. The molecule has 0 aromatic carbocycles. The van der Waals surface area contributed by atoms with Crippen LogP contribution in [0.4, 0.5) is 0 Å². The van der Waals surface area contributed by atoms with Crippen LogP contribution in [0.25, 0.3) is 0 Å². The molecule has 0 heterocycles. The predicted molar refractivity (Wildman–Crippen MR) is 81.4 cm³/mol. The second kappa shape index (κ2) is 10.7. The first kappa shape index (κ1) is 18.9. The summed E-state index contributed by atoms with van der Waals surface area (Å²) in [5.74, 6) is 0.582. The fourth-order valence-corrected chi connectivity index (χ4v) is 2.10. The maximum absolute atomic E-state index is 12.5. The number of rotatable bonds is 10. The van der Waals surface area contributed by atoms with E-state index >= 15 is 0 Å². The van der Waals surface area contributed by atoms with Gasteiger partial charge in [0.15, 0.2) is 0 Å². The smallest absolute Gasteiger partial charge is 0.307 e. The zero-order valence-electron chi connectivity index (χ0n) is 13.8. The quantitative estimate of drug-likeness (QED) is 0.579. The van der Waals surface area contributed by atoms with Crippen molar-refractivity contribution in [3.8, 4) is 0 Å². The summed E-state index contributed by atoms with van der Waals surface area (Å²) in [4.78, 5) is 25.8. The lowest BCUT2D eigenvalue weighted by Crippen LogP contribution is -2.38. The highest BCUT2D eigenvalue weighted by molar-refractivity contribution is 5.79. The molecule has 0 bridgehead atoms. The molecule has 4 heteroatoms. The minimum atomic E-state index is -0.223. The second-order valence-corrected chi connectivity index (χ2v) is 5.58. The SMILES string of the molecule is CCOC(=O)CCN(CCC(C)C)C(=O)C(CC)CC. The summed E-state index contributed by atoms with van der Waals surface area (Å²) in [5.41, 5.74) is 0. The van der Waals surface area contributed by atoms with Gasteiger partial charge in [0.05, 0.1) is 13.0 Å². The summed E-state index contributed by atoms with van der Waals surface area (Å²) >= 11 is 0. The monoisotopic (exact) mass is 285 g/mol. The van der Waals surface area contributed by atoms with Crippen molar-refractivity contribution in [2.75, 3.05) is 19.7 Å². The minimum Gasteiger partial charge on any atom is -0.466 e. The van der Waals surface area contributed by atoms with Gasteiger partial charge < -0.3 is 9.64 Å². The Balaban J connectivity index is 4.54. The molecule has 0 saturated carbocycles. The molecule has 0 N–H and O–H groups in total. The third-order valence-electron chi connectivity index (χ3n) is 3.51. The lowest BCUT2D eigenvalue weighted by Gasteiger charge is -2.27. The summed E-state index contributed by atoms with van der Waals surface area (Å²) in [5, 5.41) is 0. The van der Waals surface area contributed by atoms with E-state index in [1.807, 2.05) is 18.7 Å². The molecule has 20 heavy (non-hydrogen) atoms. The van der Waals surface area contributed by atoms with Crippen LogP contribution in [0.1, 0.15) is 60.3 Å². The Morgan fingerprint density at radius 2 is 1.65 bits per heavy atom. The third kappa shape index (κ3) is 7.51. The molecule has 4 nitrogen and oxygen atoms in total. The van der Waals surface area contributed by atoms with Gasteiger partial charge in [-0.25, -0.2) is 0 Å². The number of carbonyl (C=O) groups is 2. The van der Waals surface area contributed by atoms with Crippen LogP contribution in [0.2, 0.25) is 0 Å². The number of hydrogen-bond donors (Lipinski definition) is 0. The largest absolute Gasteiger partial charge is 0.466 e. The predicted octanol–water partition coefficient (Wildman–Crippen LogP) is 3.25. The number of nitrogens with zero attached hydrogens (tertiary/aromatic N) is 1. The van der Waals surface area contributed by atoms with Crippen molar-refractivity contribution in [3.05, 3.63) is 0 Å². The van der Waals surface area contributed by atoms with Gasteiger partial charge in [-0.1, -0.05) is 27.7 Å². The Hall–Kier alpha value is -1.06. The average Bonchev–Trinajstić information content (AvgIpc) is 2.40. The highest BCUT2D eigenvalue weighted by Crippen LogP contribution is 2.14. The number of hydrogen-bond acceptors (Lipinski definition) is 3. The Morgan fingerprint density at radius 1 is 1.05 bits per heavy atom. The normalized spacial score (nSPS) is 10.9. The van der Waals surface area contributed by atoms with Gasteiger partial charge in [0.1, 0.15) is 0 Å².